The van der Waals surface area contributed by atoms with E-state index in [4.69, 9.17) is 11.0 Å². The van der Waals surface area contributed by atoms with Crippen molar-refractivity contribution in [2.45, 2.75) is 25.9 Å². The third-order valence-electron chi connectivity index (χ3n) is 3.70. The summed E-state index contributed by atoms with van der Waals surface area (Å²) in [6.45, 7) is 4.29. The fourth-order valence-electron chi connectivity index (χ4n) is 2.62. The summed E-state index contributed by atoms with van der Waals surface area (Å²) in [5.74, 6) is 0.116. The van der Waals surface area contributed by atoms with E-state index >= 15 is 0 Å². The van der Waals surface area contributed by atoms with Gasteiger partial charge < -0.3 is 5.73 Å². The van der Waals surface area contributed by atoms with Gasteiger partial charge in [0.25, 0.3) is 0 Å². The van der Waals surface area contributed by atoms with Crippen molar-refractivity contribution in [2.75, 3.05) is 13.1 Å². The second kappa shape index (κ2) is 5.47. The molecule has 1 aromatic rings. The summed E-state index contributed by atoms with van der Waals surface area (Å²) in [5.41, 5.74) is 6.40. The molecule has 2 N–H and O–H groups in total. The lowest BCUT2D eigenvalue weighted by Gasteiger charge is -2.21. The molecule has 1 aliphatic heterocycles. The molecule has 0 bridgehead atoms. The highest BCUT2D eigenvalue weighted by Gasteiger charge is 2.28. The maximum absolute atomic E-state index is 14.0. The van der Waals surface area contributed by atoms with Crippen LogP contribution in [0.2, 0.25) is 0 Å². The quantitative estimate of drug-likeness (QED) is 0.887. The first kappa shape index (κ1) is 13.0. The molecule has 2 atom stereocenters. The monoisotopic (exact) mass is 247 g/mol. The Kier molecular flexibility index (Phi) is 3.95. The number of nitrogens with two attached hydrogens (primary N) is 1. The SMILES string of the molecule is CC1CC(CN)CN1Cc1cccc(C#N)c1F. The number of hydrogen-bond donors (Lipinski definition) is 1. The van der Waals surface area contributed by atoms with Crippen LogP contribution in [0.1, 0.15) is 24.5 Å². The van der Waals surface area contributed by atoms with E-state index < -0.39 is 0 Å². The van der Waals surface area contributed by atoms with Crippen LogP contribution >= 0.6 is 0 Å². The summed E-state index contributed by atoms with van der Waals surface area (Å²) in [4.78, 5) is 2.23. The Labute approximate surface area is 107 Å². The molecule has 96 valence electrons. The van der Waals surface area contributed by atoms with Crippen molar-refractivity contribution in [3.05, 3.63) is 35.1 Å². The first-order valence-electron chi connectivity index (χ1n) is 6.27. The van der Waals surface area contributed by atoms with E-state index in [-0.39, 0.29) is 11.4 Å². The third kappa shape index (κ3) is 2.53. The van der Waals surface area contributed by atoms with Crippen LogP contribution in [0.4, 0.5) is 4.39 Å². The van der Waals surface area contributed by atoms with Crippen molar-refractivity contribution in [3.63, 3.8) is 0 Å². The van der Waals surface area contributed by atoms with Gasteiger partial charge in [0.1, 0.15) is 11.9 Å². The Balaban J connectivity index is 2.13. The van der Waals surface area contributed by atoms with Gasteiger partial charge in [-0.3, -0.25) is 4.90 Å². The lowest BCUT2D eigenvalue weighted by Crippen LogP contribution is -2.27. The highest BCUT2D eigenvalue weighted by atomic mass is 19.1. The van der Waals surface area contributed by atoms with Gasteiger partial charge in [-0.2, -0.15) is 5.26 Å². The molecule has 1 aromatic carbocycles. The fourth-order valence-corrected chi connectivity index (χ4v) is 2.62. The Morgan fingerprint density at radius 2 is 2.33 bits per heavy atom. The van der Waals surface area contributed by atoms with Crippen LogP contribution < -0.4 is 5.73 Å². The number of nitrogens with zero attached hydrogens (tertiary/aromatic N) is 2. The predicted molar refractivity (Wildman–Crippen MR) is 68.1 cm³/mol. The largest absolute Gasteiger partial charge is 0.330 e. The van der Waals surface area contributed by atoms with Crippen molar-refractivity contribution in [2.24, 2.45) is 11.7 Å². The van der Waals surface area contributed by atoms with Crippen LogP contribution in [-0.2, 0) is 6.54 Å². The number of likely N-dealkylation sites (tertiary alicyclic amines) is 1. The molecule has 2 unspecified atom stereocenters. The third-order valence-corrected chi connectivity index (χ3v) is 3.70. The van der Waals surface area contributed by atoms with E-state index in [2.05, 4.69) is 11.8 Å². The highest BCUT2D eigenvalue weighted by Crippen LogP contribution is 2.25. The molecule has 3 nitrogen and oxygen atoms in total. The molecule has 18 heavy (non-hydrogen) atoms. The molecule has 1 saturated heterocycles. The Bertz CT molecular complexity index is 467. The maximum atomic E-state index is 14.0. The summed E-state index contributed by atoms with van der Waals surface area (Å²) >= 11 is 0. The molecule has 2 rings (SSSR count). The summed E-state index contributed by atoms with van der Waals surface area (Å²) < 4.78 is 14.0. The van der Waals surface area contributed by atoms with Crippen molar-refractivity contribution < 1.29 is 4.39 Å². The van der Waals surface area contributed by atoms with Crippen LogP contribution in [0, 0.1) is 23.1 Å². The Morgan fingerprint density at radius 1 is 1.56 bits per heavy atom. The van der Waals surface area contributed by atoms with Crippen molar-refractivity contribution in [3.8, 4) is 6.07 Å². The van der Waals surface area contributed by atoms with Crippen LogP contribution in [-0.4, -0.2) is 24.0 Å². The van der Waals surface area contributed by atoms with Gasteiger partial charge in [-0.15, -0.1) is 0 Å². The minimum atomic E-state index is -0.386. The van der Waals surface area contributed by atoms with Gasteiger partial charge in [0, 0.05) is 24.7 Å². The molecular weight excluding hydrogens is 229 g/mol. The van der Waals surface area contributed by atoms with Gasteiger partial charge in [0.05, 0.1) is 5.56 Å². The van der Waals surface area contributed by atoms with Crippen molar-refractivity contribution >= 4 is 0 Å². The first-order valence-corrected chi connectivity index (χ1v) is 6.27. The van der Waals surface area contributed by atoms with E-state index in [0.717, 1.165) is 13.0 Å². The summed E-state index contributed by atoms with van der Waals surface area (Å²) in [7, 11) is 0. The van der Waals surface area contributed by atoms with E-state index in [1.807, 2.05) is 6.07 Å². The zero-order valence-corrected chi connectivity index (χ0v) is 10.6. The molecule has 0 spiro atoms. The molecule has 1 fully saturated rings. The zero-order chi connectivity index (χ0) is 13.1. The number of benzene rings is 1. The van der Waals surface area contributed by atoms with Gasteiger partial charge in [-0.05, 0) is 31.9 Å². The second-order valence-electron chi connectivity index (χ2n) is 5.01. The van der Waals surface area contributed by atoms with E-state index in [1.165, 1.54) is 6.07 Å². The molecular formula is C14H18FN3. The van der Waals surface area contributed by atoms with Gasteiger partial charge >= 0.3 is 0 Å². The second-order valence-corrected chi connectivity index (χ2v) is 5.01. The fraction of sp³-hybridized carbons (Fsp3) is 0.500. The summed E-state index contributed by atoms with van der Waals surface area (Å²) in [6, 6.07) is 7.29. The molecule has 4 heteroatoms. The molecule has 0 amide bonds. The highest BCUT2D eigenvalue weighted by molar-refractivity contribution is 5.35. The average Bonchev–Trinajstić information content (AvgIpc) is 2.73. The summed E-state index contributed by atoms with van der Waals surface area (Å²) in [6.07, 6.45) is 1.07. The van der Waals surface area contributed by atoms with E-state index in [9.17, 15) is 4.39 Å². The molecule has 1 aliphatic rings. The number of halogens is 1. The number of hydrogen-bond acceptors (Lipinski definition) is 3. The standard InChI is InChI=1S/C14H18FN3/c1-10-5-11(6-16)8-18(10)9-13-4-2-3-12(7-17)14(13)15/h2-4,10-11H,5-6,8-9,16H2,1H3. The predicted octanol–water partition coefficient (Wildman–Crippen LogP) is 1.87. The lowest BCUT2D eigenvalue weighted by molar-refractivity contribution is 0.252. The first-order chi connectivity index (χ1) is 8.65. The van der Waals surface area contributed by atoms with Gasteiger partial charge in [0.15, 0.2) is 0 Å². The lowest BCUT2D eigenvalue weighted by atomic mass is 10.1. The van der Waals surface area contributed by atoms with Gasteiger partial charge in [-0.1, -0.05) is 12.1 Å². The molecule has 0 aliphatic carbocycles. The molecule has 0 aromatic heterocycles. The van der Waals surface area contributed by atoms with Gasteiger partial charge in [0.2, 0.25) is 0 Å². The molecule has 0 saturated carbocycles. The average molecular weight is 247 g/mol. The maximum Gasteiger partial charge on any atom is 0.145 e. The summed E-state index contributed by atoms with van der Waals surface area (Å²) in [5, 5.41) is 8.82. The minimum absolute atomic E-state index is 0.120. The number of rotatable bonds is 3. The topological polar surface area (TPSA) is 53.0 Å². The number of nitriles is 1. The van der Waals surface area contributed by atoms with Crippen molar-refractivity contribution in [1.29, 1.82) is 5.26 Å². The van der Waals surface area contributed by atoms with Crippen molar-refractivity contribution in [1.82, 2.24) is 4.90 Å². The minimum Gasteiger partial charge on any atom is -0.330 e. The van der Waals surface area contributed by atoms with Crippen LogP contribution in [0.5, 0.6) is 0 Å². The normalized spacial score (nSPS) is 24.1. The molecule has 0 radical (unpaired) electrons. The van der Waals surface area contributed by atoms with E-state index in [1.54, 1.807) is 12.1 Å². The Morgan fingerprint density at radius 3 is 2.94 bits per heavy atom. The van der Waals surface area contributed by atoms with Crippen LogP contribution in [0.25, 0.3) is 0 Å². The van der Waals surface area contributed by atoms with Crippen LogP contribution in [0.15, 0.2) is 18.2 Å². The smallest absolute Gasteiger partial charge is 0.145 e. The van der Waals surface area contributed by atoms with Gasteiger partial charge in [-0.25, -0.2) is 4.39 Å². The van der Waals surface area contributed by atoms with Crippen LogP contribution in [0.3, 0.4) is 0 Å². The zero-order valence-electron chi connectivity index (χ0n) is 10.6. The Hall–Kier alpha value is -1.44. The molecule has 1 heterocycles. The van der Waals surface area contributed by atoms with E-state index in [0.29, 0.717) is 30.6 Å².